The third-order valence-electron chi connectivity index (χ3n) is 3.44. The summed E-state index contributed by atoms with van der Waals surface area (Å²) in [6, 6.07) is 9.55. The maximum atomic E-state index is 13.0. The number of carbonyl (C=O) groups is 2. The van der Waals surface area contributed by atoms with Crippen molar-refractivity contribution in [2.75, 3.05) is 5.75 Å². The molecule has 1 aliphatic heterocycles. The van der Waals surface area contributed by atoms with Crippen LogP contribution in [0.25, 0.3) is 5.57 Å². The number of hydrogen-bond donors (Lipinski definition) is 0. The van der Waals surface area contributed by atoms with Gasteiger partial charge in [-0.15, -0.1) is 23.1 Å². The van der Waals surface area contributed by atoms with E-state index in [1.807, 2.05) is 24.4 Å². The fourth-order valence-corrected chi connectivity index (χ4v) is 4.08. The molecule has 0 saturated heterocycles. The zero-order valence-electron chi connectivity index (χ0n) is 12.4. The van der Waals surface area contributed by atoms with E-state index in [9.17, 15) is 14.0 Å². The molecule has 0 fully saturated rings. The van der Waals surface area contributed by atoms with Gasteiger partial charge in [-0.25, -0.2) is 4.39 Å². The minimum Gasteiger partial charge on any atom is -0.269 e. The van der Waals surface area contributed by atoms with Crippen LogP contribution in [0, 0.1) is 5.82 Å². The molecule has 1 aromatic carbocycles. The smallest absolute Gasteiger partial charge is 0.268 e. The first-order chi connectivity index (χ1) is 11.1. The molecule has 6 heteroatoms. The van der Waals surface area contributed by atoms with Crippen LogP contribution in [0.1, 0.15) is 17.4 Å². The van der Waals surface area contributed by atoms with Crippen LogP contribution in [0.3, 0.4) is 0 Å². The van der Waals surface area contributed by atoms with Gasteiger partial charge < -0.3 is 0 Å². The summed E-state index contributed by atoms with van der Waals surface area (Å²) in [6.45, 7) is 2.10. The predicted molar refractivity (Wildman–Crippen MR) is 91.3 cm³/mol. The zero-order chi connectivity index (χ0) is 16.4. The Hall–Kier alpha value is -1.92. The lowest BCUT2D eigenvalue weighted by atomic mass is 10.2. The van der Waals surface area contributed by atoms with Crippen LogP contribution < -0.4 is 0 Å². The molecule has 3 rings (SSSR count). The first-order valence-electron chi connectivity index (χ1n) is 7.13. The topological polar surface area (TPSA) is 37.4 Å². The Bertz CT molecular complexity index is 766. The standard InChI is InChI=1S/C17H14FNO2S2/c1-2-22-15-14(13-4-3-9-23-13)16(20)19(17(15)21)10-11-5-7-12(18)8-6-11/h3-9H,2,10H2,1H3. The number of imide groups is 1. The molecule has 1 aliphatic rings. The average Bonchev–Trinajstić information content (AvgIpc) is 3.13. The molecule has 23 heavy (non-hydrogen) atoms. The Kier molecular flexibility index (Phi) is 4.63. The normalized spacial score (nSPS) is 15.0. The molecule has 0 spiro atoms. The number of nitrogens with zero attached hydrogens (tertiary/aromatic N) is 1. The predicted octanol–water partition coefficient (Wildman–Crippen LogP) is 3.92. The van der Waals surface area contributed by atoms with Gasteiger partial charge in [0.1, 0.15) is 5.82 Å². The summed E-state index contributed by atoms with van der Waals surface area (Å²) >= 11 is 2.83. The molecule has 1 aromatic heterocycles. The van der Waals surface area contributed by atoms with E-state index in [2.05, 4.69) is 0 Å². The second-order valence-corrected chi connectivity index (χ2v) is 7.16. The number of halogens is 1. The molecular weight excluding hydrogens is 333 g/mol. The van der Waals surface area contributed by atoms with Crippen molar-refractivity contribution in [1.82, 2.24) is 4.90 Å². The van der Waals surface area contributed by atoms with Crippen molar-refractivity contribution in [2.24, 2.45) is 0 Å². The van der Waals surface area contributed by atoms with Crippen molar-refractivity contribution in [3.63, 3.8) is 0 Å². The Morgan fingerprint density at radius 1 is 1.13 bits per heavy atom. The van der Waals surface area contributed by atoms with Gasteiger partial charge in [0, 0.05) is 4.88 Å². The Labute approximate surface area is 141 Å². The molecule has 0 aliphatic carbocycles. The van der Waals surface area contributed by atoms with Crippen LogP contribution in [0.4, 0.5) is 4.39 Å². The largest absolute Gasteiger partial charge is 0.269 e. The van der Waals surface area contributed by atoms with Crippen molar-refractivity contribution < 1.29 is 14.0 Å². The molecule has 118 valence electrons. The Balaban J connectivity index is 1.92. The van der Waals surface area contributed by atoms with E-state index in [1.54, 1.807) is 12.1 Å². The molecule has 0 saturated carbocycles. The minimum absolute atomic E-state index is 0.153. The highest BCUT2D eigenvalue weighted by atomic mass is 32.2. The summed E-state index contributed by atoms with van der Waals surface area (Å²) in [5.41, 5.74) is 1.21. The van der Waals surface area contributed by atoms with E-state index >= 15 is 0 Å². The molecular formula is C17H14FNO2S2. The molecule has 2 aromatic rings. The van der Waals surface area contributed by atoms with Gasteiger partial charge in [0.2, 0.25) is 0 Å². The van der Waals surface area contributed by atoms with Gasteiger partial charge in [-0.1, -0.05) is 25.1 Å². The lowest BCUT2D eigenvalue weighted by Gasteiger charge is -2.15. The van der Waals surface area contributed by atoms with E-state index in [1.165, 1.54) is 40.1 Å². The lowest BCUT2D eigenvalue weighted by Crippen LogP contribution is -2.30. The average molecular weight is 347 g/mol. The van der Waals surface area contributed by atoms with Crippen LogP contribution >= 0.6 is 23.1 Å². The van der Waals surface area contributed by atoms with Crippen molar-refractivity contribution in [3.8, 4) is 0 Å². The maximum absolute atomic E-state index is 13.0. The highest BCUT2D eigenvalue weighted by Crippen LogP contribution is 2.38. The molecule has 0 radical (unpaired) electrons. The van der Waals surface area contributed by atoms with Crippen molar-refractivity contribution >= 4 is 40.5 Å². The molecule has 3 nitrogen and oxygen atoms in total. The Morgan fingerprint density at radius 2 is 1.87 bits per heavy atom. The van der Waals surface area contributed by atoms with E-state index < -0.39 is 0 Å². The third kappa shape index (κ3) is 3.09. The van der Waals surface area contributed by atoms with Crippen LogP contribution in [0.15, 0.2) is 46.7 Å². The second kappa shape index (κ2) is 6.68. The number of thioether (sulfide) groups is 1. The highest BCUT2D eigenvalue weighted by molar-refractivity contribution is 8.04. The summed E-state index contributed by atoms with van der Waals surface area (Å²) in [6.07, 6.45) is 0. The van der Waals surface area contributed by atoms with Gasteiger partial charge in [0.15, 0.2) is 0 Å². The fraction of sp³-hybridized carbons (Fsp3) is 0.176. The van der Waals surface area contributed by atoms with Crippen LogP contribution in [0.2, 0.25) is 0 Å². The number of hydrogen-bond acceptors (Lipinski definition) is 4. The van der Waals surface area contributed by atoms with E-state index in [-0.39, 0.29) is 24.2 Å². The van der Waals surface area contributed by atoms with Crippen molar-refractivity contribution in [3.05, 3.63) is 62.9 Å². The molecule has 0 atom stereocenters. The first-order valence-corrected chi connectivity index (χ1v) is 9.00. The second-order valence-electron chi connectivity index (χ2n) is 4.94. The van der Waals surface area contributed by atoms with Gasteiger partial charge in [-0.2, -0.15) is 0 Å². The number of amides is 2. The van der Waals surface area contributed by atoms with Gasteiger partial charge >= 0.3 is 0 Å². The number of benzene rings is 1. The van der Waals surface area contributed by atoms with E-state index in [0.717, 1.165) is 10.4 Å². The fourth-order valence-electron chi connectivity index (χ4n) is 2.39. The molecule has 0 bridgehead atoms. The molecule has 0 N–H and O–H groups in total. The quantitative estimate of drug-likeness (QED) is 0.769. The SMILES string of the molecule is CCSC1=C(c2cccs2)C(=O)N(Cc2ccc(F)cc2)C1=O. The summed E-state index contributed by atoms with van der Waals surface area (Å²) in [7, 11) is 0. The van der Waals surface area contributed by atoms with Gasteiger partial charge in [-0.05, 0) is 34.9 Å². The van der Waals surface area contributed by atoms with Crippen molar-refractivity contribution in [2.45, 2.75) is 13.5 Å². The zero-order valence-corrected chi connectivity index (χ0v) is 14.0. The van der Waals surface area contributed by atoms with Crippen LogP contribution in [-0.2, 0) is 16.1 Å². The number of carbonyl (C=O) groups excluding carboxylic acids is 2. The summed E-state index contributed by atoms with van der Waals surface area (Å²) < 4.78 is 13.0. The third-order valence-corrected chi connectivity index (χ3v) is 5.28. The summed E-state index contributed by atoms with van der Waals surface area (Å²) in [5.74, 6) is -0.173. The van der Waals surface area contributed by atoms with Crippen LogP contribution in [0.5, 0.6) is 0 Å². The van der Waals surface area contributed by atoms with Crippen molar-refractivity contribution in [1.29, 1.82) is 0 Å². The van der Waals surface area contributed by atoms with E-state index in [4.69, 9.17) is 0 Å². The van der Waals surface area contributed by atoms with Gasteiger partial charge in [0.05, 0.1) is 17.0 Å². The summed E-state index contributed by atoms with van der Waals surface area (Å²) in [4.78, 5) is 27.9. The summed E-state index contributed by atoms with van der Waals surface area (Å²) in [5, 5.41) is 1.89. The molecule has 0 unspecified atom stereocenters. The van der Waals surface area contributed by atoms with Crippen LogP contribution in [-0.4, -0.2) is 22.5 Å². The minimum atomic E-state index is -0.340. The number of rotatable bonds is 5. The van der Waals surface area contributed by atoms with Gasteiger partial charge in [0.25, 0.3) is 11.8 Å². The highest BCUT2D eigenvalue weighted by Gasteiger charge is 2.39. The Morgan fingerprint density at radius 3 is 2.48 bits per heavy atom. The monoisotopic (exact) mass is 347 g/mol. The van der Waals surface area contributed by atoms with Gasteiger partial charge in [-0.3, -0.25) is 14.5 Å². The van der Waals surface area contributed by atoms with E-state index in [0.29, 0.717) is 16.2 Å². The number of thiophene rings is 1. The maximum Gasteiger partial charge on any atom is 0.268 e. The lowest BCUT2D eigenvalue weighted by molar-refractivity contribution is -0.137. The molecule has 2 heterocycles. The first kappa shape index (κ1) is 16.0. The molecule has 2 amide bonds.